The second-order valence-electron chi connectivity index (χ2n) is 6.93. The molecular formula is C22H20FN5O3. The average molecular weight is 421 g/mol. The molecule has 31 heavy (non-hydrogen) atoms. The van der Waals surface area contributed by atoms with Crippen LogP contribution in [0.4, 0.5) is 4.39 Å². The van der Waals surface area contributed by atoms with Crippen molar-refractivity contribution in [3.63, 3.8) is 0 Å². The number of nitrogens with zero attached hydrogens (tertiary/aromatic N) is 4. The van der Waals surface area contributed by atoms with Crippen LogP contribution in [0.5, 0.6) is 5.75 Å². The van der Waals surface area contributed by atoms with Crippen molar-refractivity contribution in [3.05, 3.63) is 82.2 Å². The second kappa shape index (κ2) is 8.39. The number of rotatable bonds is 6. The van der Waals surface area contributed by atoms with E-state index in [9.17, 15) is 14.0 Å². The molecule has 0 spiro atoms. The first-order valence-electron chi connectivity index (χ1n) is 9.58. The van der Waals surface area contributed by atoms with Crippen LogP contribution >= 0.6 is 0 Å². The Kier molecular flexibility index (Phi) is 5.48. The van der Waals surface area contributed by atoms with E-state index in [1.165, 1.54) is 10.6 Å². The van der Waals surface area contributed by atoms with E-state index in [1.54, 1.807) is 38.3 Å². The molecule has 0 aliphatic carbocycles. The van der Waals surface area contributed by atoms with Crippen LogP contribution in [0, 0.1) is 12.7 Å². The summed E-state index contributed by atoms with van der Waals surface area (Å²) in [7, 11) is 1.59. The number of fused-ring (bicyclic) bond motifs is 1. The van der Waals surface area contributed by atoms with Crippen molar-refractivity contribution in [3.8, 4) is 17.0 Å². The van der Waals surface area contributed by atoms with Crippen LogP contribution in [0.2, 0.25) is 0 Å². The van der Waals surface area contributed by atoms with E-state index in [0.717, 1.165) is 10.2 Å². The number of benzene rings is 2. The first kappa shape index (κ1) is 20.3. The summed E-state index contributed by atoms with van der Waals surface area (Å²) in [6, 6.07) is 15.1. The summed E-state index contributed by atoms with van der Waals surface area (Å²) < 4.78 is 21.4. The minimum Gasteiger partial charge on any atom is -0.497 e. The lowest BCUT2D eigenvalue weighted by Gasteiger charge is -2.08. The molecule has 1 amide bonds. The highest BCUT2D eigenvalue weighted by atomic mass is 19.1. The topological polar surface area (TPSA) is 90.5 Å². The van der Waals surface area contributed by atoms with E-state index in [-0.39, 0.29) is 13.1 Å². The van der Waals surface area contributed by atoms with Crippen LogP contribution in [0.25, 0.3) is 16.8 Å². The molecule has 2 heterocycles. The van der Waals surface area contributed by atoms with Gasteiger partial charge in [-0.15, -0.1) is 0 Å². The summed E-state index contributed by atoms with van der Waals surface area (Å²) in [5.74, 6) is 0.322. The Morgan fingerprint density at radius 1 is 1.13 bits per heavy atom. The summed E-state index contributed by atoms with van der Waals surface area (Å²) in [4.78, 5) is 25.2. The molecule has 2 aromatic heterocycles. The number of amides is 1. The lowest BCUT2D eigenvalue weighted by molar-refractivity contribution is -0.122. The monoisotopic (exact) mass is 421 g/mol. The zero-order valence-electron chi connectivity index (χ0n) is 17.0. The lowest BCUT2D eigenvalue weighted by atomic mass is 10.1. The van der Waals surface area contributed by atoms with Crippen LogP contribution < -0.4 is 15.6 Å². The largest absolute Gasteiger partial charge is 0.497 e. The highest BCUT2D eigenvalue weighted by Crippen LogP contribution is 2.22. The molecule has 0 aliphatic heterocycles. The van der Waals surface area contributed by atoms with Crippen LogP contribution in [0.3, 0.4) is 0 Å². The van der Waals surface area contributed by atoms with E-state index in [1.807, 2.05) is 24.3 Å². The molecule has 0 radical (unpaired) electrons. The van der Waals surface area contributed by atoms with E-state index in [0.29, 0.717) is 28.3 Å². The number of nitrogens with one attached hydrogen (secondary N) is 1. The minimum absolute atomic E-state index is 0.0236. The smallest absolute Gasteiger partial charge is 0.293 e. The predicted octanol–water partition coefficient (Wildman–Crippen LogP) is 2.33. The zero-order valence-corrected chi connectivity index (χ0v) is 17.0. The summed E-state index contributed by atoms with van der Waals surface area (Å²) in [5, 5.41) is 11.3. The molecule has 2 aromatic carbocycles. The summed E-state index contributed by atoms with van der Waals surface area (Å²) >= 11 is 0. The van der Waals surface area contributed by atoms with Crippen molar-refractivity contribution in [2.45, 2.75) is 20.0 Å². The number of carbonyl (C=O) groups excluding carboxylic acids is 1. The summed E-state index contributed by atoms with van der Waals surface area (Å²) in [6.45, 7) is 1.44. The molecule has 8 nitrogen and oxygen atoms in total. The molecule has 0 fully saturated rings. The maximum atomic E-state index is 13.7. The Balaban J connectivity index is 1.57. The Morgan fingerprint density at radius 2 is 1.87 bits per heavy atom. The fourth-order valence-electron chi connectivity index (χ4n) is 3.21. The van der Waals surface area contributed by atoms with Crippen LogP contribution in [0.1, 0.15) is 11.4 Å². The second-order valence-corrected chi connectivity index (χ2v) is 6.93. The SMILES string of the molecule is COc1ccc(-c2cc3c(=O)n(CC(=O)NCc4ccccc4F)nc(C)n3n2)cc1. The summed E-state index contributed by atoms with van der Waals surface area (Å²) in [6.07, 6.45) is 0. The Labute approximate surface area is 176 Å². The lowest BCUT2D eigenvalue weighted by Crippen LogP contribution is -2.34. The number of methoxy groups -OCH3 is 1. The molecule has 0 aliphatic rings. The van der Waals surface area contributed by atoms with Crippen LogP contribution in [0.15, 0.2) is 59.4 Å². The predicted molar refractivity (Wildman–Crippen MR) is 112 cm³/mol. The van der Waals surface area contributed by atoms with Crippen LogP contribution in [-0.4, -0.2) is 32.4 Å². The fourth-order valence-corrected chi connectivity index (χ4v) is 3.21. The molecule has 0 unspecified atom stereocenters. The van der Waals surface area contributed by atoms with Gasteiger partial charge in [0.25, 0.3) is 5.56 Å². The van der Waals surface area contributed by atoms with Gasteiger partial charge in [-0.2, -0.15) is 10.2 Å². The van der Waals surface area contributed by atoms with Crippen molar-refractivity contribution >= 4 is 11.4 Å². The number of hydrogen-bond acceptors (Lipinski definition) is 5. The standard InChI is InChI=1S/C22H20FN5O3/c1-14-25-27(13-21(29)24-12-16-5-3-4-6-18(16)23)22(30)20-11-19(26-28(14)20)15-7-9-17(31-2)10-8-15/h3-11H,12-13H2,1-2H3,(H,24,29). The average Bonchev–Trinajstić information content (AvgIpc) is 3.23. The van der Waals surface area contributed by atoms with Gasteiger partial charge in [-0.1, -0.05) is 18.2 Å². The molecule has 158 valence electrons. The number of aryl methyl sites for hydroxylation is 1. The maximum absolute atomic E-state index is 13.7. The van der Waals surface area contributed by atoms with E-state index < -0.39 is 17.3 Å². The highest BCUT2D eigenvalue weighted by molar-refractivity contribution is 5.75. The van der Waals surface area contributed by atoms with Gasteiger partial charge in [0.1, 0.15) is 29.5 Å². The first-order valence-corrected chi connectivity index (χ1v) is 9.58. The van der Waals surface area contributed by atoms with Gasteiger partial charge in [0.2, 0.25) is 5.91 Å². The molecule has 0 bridgehead atoms. The number of hydrogen-bond donors (Lipinski definition) is 1. The molecule has 4 rings (SSSR count). The zero-order chi connectivity index (χ0) is 22.0. The molecule has 0 atom stereocenters. The summed E-state index contributed by atoms with van der Waals surface area (Å²) in [5.41, 5.74) is 1.64. The van der Waals surface area contributed by atoms with Crippen molar-refractivity contribution in [1.82, 2.24) is 24.7 Å². The Morgan fingerprint density at radius 3 is 2.58 bits per heavy atom. The third-order valence-electron chi connectivity index (χ3n) is 4.85. The van der Waals surface area contributed by atoms with Gasteiger partial charge in [0, 0.05) is 17.7 Å². The fraction of sp³-hybridized carbons (Fsp3) is 0.182. The van der Waals surface area contributed by atoms with Gasteiger partial charge in [-0.05, 0) is 43.3 Å². The van der Waals surface area contributed by atoms with E-state index >= 15 is 0 Å². The molecule has 9 heteroatoms. The van der Waals surface area contributed by atoms with E-state index in [4.69, 9.17) is 4.74 Å². The number of halogens is 1. The minimum atomic E-state index is -0.448. The van der Waals surface area contributed by atoms with Gasteiger partial charge in [0.15, 0.2) is 0 Å². The van der Waals surface area contributed by atoms with Crippen molar-refractivity contribution in [2.24, 2.45) is 0 Å². The van der Waals surface area contributed by atoms with Gasteiger partial charge in [-0.3, -0.25) is 9.59 Å². The van der Waals surface area contributed by atoms with Gasteiger partial charge >= 0.3 is 0 Å². The van der Waals surface area contributed by atoms with Crippen molar-refractivity contribution < 1.29 is 13.9 Å². The quantitative estimate of drug-likeness (QED) is 0.516. The third-order valence-corrected chi connectivity index (χ3v) is 4.85. The normalized spacial score (nSPS) is 10.9. The van der Waals surface area contributed by atoms with Crippen LogP contribution in [-0.2, 0) is 17.9 Å². The molecule has 0 saturated heterocycles. The Bertz CT molecular complexity index is 1310. The number of carbonyl (C=O) groups is 1. The molecule has 0 saturated carbocycles. The highest BCUT2D eigenvalue weighted by Gasteiger charge is 2.15. The number of ether oxygens (including phenoxy) is 1. The van der Waals surface area contributed by atoms with Gasteiger partial charge < -0.3 is 10.1 Å². The Hall–Kier alpha value is -4.01. The van der Waals surface area contributed by atoms with Gasteiger partial charge in [-0.25, -0.2) is 13.6 Å². The molecule has 1 N–H and O–H groups in total. The van der Waals surface area contributed by atoms with Crippen molar-refractivity contribution in [2.75, 3.05) is 7.11 Å². The third kappa shape index (κ3) is 4.16. The first-order chi connectivity index (χ1) is 15.0. The van der Waals surface area contributed by atoms with E-state index in [2.05, 4.69) is 15.5 Å². The molecule has 4 aromatic rings. The van der Waals surface area contributed by atoms with Crippen molar-refractivity contribution in [1.29, 1.82) is 0 Å². The van der Waals surface area contributed by atoms with Gasteiger partial charge in [0.05, 0.1) is 12.8 Å². The number of aromatic nitrogens is 4. The molecular weight excluding hydrogens is 401 g/mol. The maximum Gasteiger partial charge on any atom is 0.293 e.